The van der Waals surface area contributed by atoms with E-state index in [2.05, 4.69) is 16.0 Å². The van der Waals surface area contributed by atoms with E-state index in [0.29, 0.717) is 12.1 Å². The Labute approximate surface area is 160 Å². The van der Waals surface area contributed by atoms with Crippen LogP contribution in [0.3, 0.4) is 0 Å². The second-order valence-corrected chi connectivity index (χ2v) is 7.87. The maximum absolute atomic E-state index is 12.6. The molecule has 146 valence electrons. The fourth-order valence-corrected chi connectivity index (χ4v) is 4.65. The summed E-state index contributed by atoms with van der Waals surface area (Å²) in [4.78, 5) is 9.67. The molecule has 2 aromatic heterocycles. The fourth-order valence-electron chi connectivity index (χ4n) is 4.65. The van der Waals surface area contributed by atoms with Crippen molar-refractivity contribution in [2.75, 3.05) is 25.1 Å². The summed E-state index contributed by atoms with van der Waals surface area (Å²) in [5.74, 6) is 0.733. The summed E-state index contributed by atoms with van der Waals surface area (Å²) in [6.07, 6.45) is 2.35. The summed E-state index contributed by atoms with van der Waals surface area (Å²) < 4.78 is 43.3. The lowest BCUT2D eigenvalue weighted by Crippen LogP contribution is -2.66. The molecule has 8 heteroatoms. The Balaban J connectivity index is 1.39. The zero-order chi connectivity index (χ0) is 20.0. The lowest BCUT2D eigenvalue weighted by Gasteiger charge is -2.62. The smallest absolute Gasteiger partial charge is 0.433 e. The summed E-state index contributed by atoms with van der Waals surface area (Å²) in [5.41, 5.74) is 0.324. The van der Waals surface area contributed by atoms with Gasteiger partial charge in [0.25, 0.3) is 0 Å². The van der Waals surface area contributed by atoms with Crippen LogP contribution in [-0.4, -0.2) is 30.2 Å². The molecule has 3 heterocycles. The van der Waals surface area contributed by atoms with Gasteiger partial charge in [-0.15, -0.1) is 0 Å². The highest BCUT2D eigenvalue weighted by atomic mass is 19.4. The largest absolute Gasteiger partial charge is 0.496 e. The van der Waals surface area contributed by atoms with Crippen LogP contribution in [0.15, 0.2) is 36.8 Å². The van der Waals surface area contributed by atoms with Crippen molar-refractivity contribution in [2.24, 2.45) is 10.8 Å². The molecule has 0 aromatic carbocycles. The number of alkyl halides is 3. The molecule has 4 rings (SSSR count). The minimum Gasteiger partial charge on any atom is -0.496 e. The van der Waals surface area contributed by atoms with Crippen LogP contribution >= 0.6 is 0 Å². The second-order valence-electron chi connectivity index (χ2n) is 7.87. The van der Waals surface area contributed by atoms with E-state index < -0.39 is 17.3 Å². The van der Waals surface area contributed by atoms with Crippen molar-refractivity contribution in [3.63, 3.8) is 0 Å². The van der Waals surface area contributed by atoms with Gasteiger partial charge < -0.3 is 9.64 Å². The van der Waals surface area contributed by atoms with Crippen LogP contribution in [-0.2, 0) is 12.6 Å². The lowest BCUT2D eigenvalue weighted by molar-refractivity contribution is -0.141. The minimum atomic E-state index is -4.43. The number of ether oxygens (including phenoxy) is 1. The normalized spacial score (nSPS) is 19.5. The molecule has 2 aromatic rings. The number of aromatic nitrogens is 2. The van der Waals surface area contributed by atoms with Crippen molar-refractivity contribution < 1.29 is 17.9 Å². The van der Waals surface area contributed by atoms with Crippen molar-refractivity contribution in [3.8, 4) is 11.8 Å². The van der Waals surface area contributed by atoms with Crippen molar-refractivity contribution in [3.05, 3.63) is 48.0 Å². The number of halogens is 3. The molecule has 1 aliphatic heterocycles. The van der Waals surface area contributed by atoms with Crippen LogP contribution < -0.4 is 9.64 Å². The molecule has 2 fully saturated rings. The first-order valence-corrected chi connectivity index (χ1v) is 8.95. The molecular formula is C20H19F3N4O. The van der Waals surface area contributed by atoms with E-state index in [1.165, 1.54) is 12.3 Å². The van der Waals surface area contributed by atoms with Crippen molar-refractivity contribution in [2.45, 2.75) is 25.4 Å². The van der Waals surface area contributed by atoms with E-state index in [1.54, 1.807) is 25.6 Å². The van der Waals surface area contributed by atoms with Gasteiger partial charge in [-0.25, -0.2) is 4.98 Å². The Morgan fingerprint density at radius 2 is 1.96 bits per heavy atom. The van der Waals surface area contributed by atoms with Gasteiger partial charge in [0.1, 0.15) is 11.4 Å². The van der Waals surface area contributed by atoms with Gasteiger partial charge in [0.05, 0.1) is 30.5 Å². The lowest BCUT2D eigenvalue weighted by atomic mass is 9.48. The third-order valence-electron chi connectivity index (χ3n) is 5.73. The van der Waals surface area contributed by atoms with Gasteiger partial charge >= 0.3 is 6.18 Å². The molecule has 1 spiro atoms. The standard InChI is InChI=1S/C20H19F3N4O/c1-28-16-4-5-25-7-14(16)6-18(11-24)9-19(10-18)12-27(13-19)15-2-3-17(26-8-15)20(21,22)23/h2-5,7-8H,6,9-10,12-13H2,1H3. The molecule has 0 unspecified atom stereocenters. The molecular weight excluding hydrogens is 369 g/mol. The highest BCUT2D eigenvalue weighted by Gasteiger charge is 2.60. The number of hydrogen-bond acceptors (Lipinski definition) is 5. The predicted octanol–water partition coefficient (Wildman–Crippen LogP) is 3.86. The first-order valence-electron chi connectivity index (χ1n) is 8.95. The Morgan fingerprint density at radius 3 is 2.54 bits per heavy atom. The van der Waals surface area contributed by atoms with Crippen LogP contribution in [0.4, 0.5) is 18.9 Å². The fraction of sp³-hybridized carbons (Fsp3) is 0.450. The highest BCUT2D eigenvalue weighted by Crippen LogP contribution is 2.60. The third-order valence-corrected chi connectivity index (χ3v) is 5.73. The number of pyridine rings is 2. The zero-order valence-corrected chi connectivity index (χ0v) is 15.3. The third kappa shape index (κ3) is 3.15. The molecule has 0 N–H and O–H groups in total. The summed E-state index contributed by atoms with van der Waals surface area (Å²) >= 11 is 0. The number of nitrogens with zero attached hydrogens (tertiary/aromatic N) is 4. The Hall–Kier alpha value is -2.82. The first kappa shape index (κ1) is 18.5. The molecule has 1 aliphatic carbocycles. The van der Waals surface area contributed by atoms with Gasteiger partial charge in [-0.3, -0.25) is 4.98 Å². The van der Waals surface area contributed by atoms with Crippen LogP contribution in [0.5, 0.6) is 5.75 Å². The molecule has 1 saturated carbocycles. The SMILES string of the molecule is COc1ccncc1CC1(C#N)CC2(CN(c3ccc(C(F)(F)F)nc3)C2)C1. The predicted molar refractivity (Wildman–Crippen MR) is 95.7 cm³/mol. The minimum absolute atomic E-state index is 0.0495. The summed E-state index contributed by atoms with van der Waals surface area (Å²) in [5, 5.41) is 9.76. The topological polar surface area (TPSA) is 62.0 Å². The summed E-state index contributed by atoms with van der Waals surface area (Å²) in [7, 11) is 1.60. The quantitative estimate of drug-likeness (QED) is 0.796. The second kappa shape index (κ2) is 6.36. The first-order chi connectivity index (χ1) is 13.3. The molecule has 5 nitrogen and oxygen atoms in total. The Bertz CT molecular complexity index is 906. The van der Waals surface area contributed by atoms with E-state index >= 15 is 0 Å². The number of hydrogen-bond donors (Lipinski definition) is 0. The molecule has 0 radical (unpaired) electrons. The van der Waals surface area contributed by atoms with Crippen molar-refractivity contribution in [1.82, 2.24) is 9.97 Å². The number of methoxy groups -OCH3 is 1. The van der Waals surface area contributed by atoms with Gasteiger partial charge in [-0.2, -0.15) is 18.4 Å². The monoisotopic (exact) mass is 388 g/mol. The van der Waals surface area contributed by atoms with Crippen molar-refractivity contribution >= 4 is 5.69 Å². The van der Waals surface area contributed by atoms with Crippen LogP contribution in [0.25, 0.3) is 0 Å². The van der Waals surface area contributed by atoms with E-state index in [9.17, 15) is 18.4 Å². The average molecular weight is 388 g/mol. The van der Waals surface area contributed by atoms with E-state index in [4.69, 9.17) is 4.74 Å². The van der Waals surface area contributed by atoms with Gasteiger partial charge in [-0.1, -0.05) is 0 Å². The van der Waals surface area contributed by atoms with Crippen LogP contribution in [0.1, 0.15) is 24.1 Å². The summed E-state index contributed by atoms with van der Waals surface area (Å²) in [6.45, 7) is 1.46. The van der Waals surface area contributed by atoms with E-state index in [1.807, 2.05) is 4.90 Å². The molecule has 0 atom stereocenters. The molecule has 0 bridgehead atoms. The highest BCUT2D eigenvalue weighted by molar-refractivity contribution is 5.50. The molecule has 28 heavy (non-hydrogen) atoms. The summed E-state index contributed by atoms with van der Waals surface area (Å²) in [6, 6.07) is 6.73. The number of rotatable bonds is 4. The van der Waals surface area contributed by atoms with Crippen molar-refractivity contribution in [1.29, 1.82) is 5.26 Å². The van der Waals surface area contributed by atoms with Gasteiger partial charge in [-0.05, 0) is 37.5 Å². The van der Waals surface area contributed by atoms with E-state index in [0.717, 1.165) is 43.3 Å². The van der Waals surface area contributed by atoms with Crippen LogP contribution in [0.2, 0.25) is 0 Å². The van der Waals surface area contributed by atoms with E-state index in [-0.39, 0.29) is 5.41 Å². The maximum Gasteiger partial charge on any atom is 0.433 e. The number of anilines is 1. The maximum atomic E-state index is 12.6. The van der Waals surface area contributed by atoms with Gasteiger partial charge in [0.15, 0.2) is 0 Å². The molecule has 0 amide bonds. The Morgan fingerprint density at radius 1 is 1.21 bits per heavy atom. The van der Waals surface area contributed by atoms with Gasteiger partial charge in [0, 0.05) is 36.5 Å². The zero-order valence-electron chi connectivity index (χ0n) is 15.3. The van der Waals surface area contributed by atoms with Gasteiger partial charge in [0.2, 0.25) is 0 Å². The Kier molecular flexibility index (Phi) is 4.21. The average Bonchev–Trinajstić information content (AvgIpc) is 2.62. The molecule has 1 saturated heterocycles. The number of nitriles is 1. The molecule has 2 aliphatic rings. The van der Waals surface area contributed by atoms with Crippen LogP contribution in [0, 0.1) is 22.2 Å².